The number of hydrogen-bond donors (Lipinski definition) is 1. The fourth-order valence-corrected chi connectivity index (χ4v) is 1.55. The summed E-state index contributed by atoms with van der Waals surface area (Å²) in [5, 5.41) is 3.36. The first kappa shape index (κ1) is 13.1. The quantitative estimate of drug-likeness (QED) is 0.652. The van der Waals surface area contributed by atoms with Crippen molar-refractivity contribution in [2.24, 2.45) is 0 Å². The Labute approximate surface area is 105 Å². The van der Waals surface area contributed by atoms with Gasteiger partial charge in [-0.1, -0.05) is 29.8 Å². The summed E-state index contributed by atoms with van der Waals surface area (Å²) in [6, 6.07) is 5.28. The van der Waals surface area contributed by atoms with Gasteiger partial charge in [-0.2, -0.15) is 0 Å². The number of alkyl halides is 1. The van der Waals surface area contributed by atoms with E-state index in [0.29, 0.717) is 23.0 Å². The monoisotopic (exact) mass is 257 g/mol. The number of amides is 1. The molecule has 0 heterocycles. The third-order valence-electron chi connectivity index (χ3n) is 2.15. The largest absolute Gasteiger partial charge is 0.349 e. The van der Waals surface area contributed by atoms with E-state index >= 15 is 0 Å². The molecule has 0 bridgehead atoms. The highest BCUT2D eigenvalue weighted by Crippen LogP contribution is 2.18. The summed E-state index contributed by atoms with van der Waals surface area (Å²) in [5.74, 6) is 0.325. The van der Waals surface area contributed by atoms with E-state index in [2.05, 4.69) is 5.32 Å². The van der Waals surface area contributed by atoms with Crippen molar-refractivity contribution in [3.8, 4) is 0 Å². The molecule has 0 saturated heterocycles. The van der Waals surface area contributed by atoms with Gasteiger partial charge in [-0.3, -0.25) is 4.79 Å². The SMILES string of the molecule is Cc1c(Cl)cccc1C(=O)NC/C=C/CCl. The molecule has 2 nitrogen and oxygen atoms in total. The molecule has 16 heavy (non-hydrogen) atoms. The fourth-order valence-electron chi connectivity index (χ4n) is 1.25. The Morgan fingerprint density at radius 2 is 2.19 bits per heavy atom. The van der Waals surface area contributed by atoms with Crippen LogP contribution in [0.3, 0.4) is 0 Å². The molecule has 0 fully saturated rings. The molecule has 4 heteroatoms. The zero-order valence-corrected chi connectivity index (χ0v) is 10.5. The van der Waals surface area contributed by atoms with Gasteiger partial charge in [0.15, 0.2) is 0 Å². The molecule has 0 saturated carbocycles. The van der Waals surface area contributed by atoms with E-state index in [-0.39, 0.29) is 5.91 Å². The van der Waals surface area contributed by atoms with Crippen LogP contribution in [0.1, 0.15) is 15.9 Å². The molecule has 1 aromatic carbocycles. The van der Waals surface area contributed by atoms with Gasteiger partial charge >= 0.3 is 0 Å². The third-order valence-corrected chi connectivity index (χ3v) is 2.74. The lowest BCUT2D eigenvalue weighted by Crippen LogP contribution is -2.24. The molecular formula is C12H13Cl2NO. The summed E-state index contributed by atoms with van der Waals surface area (Å²) in [4.78, 5) is 11.7. The van der Waals surface area contributed by atoms with Gasteiger partial charge in [0.2, 0.25) is 0 Å². The molecule has 0 unspecified atom stereocenters. The standard InChI is InChI=1S/C12H13Cl2NO/c1-9-10(5-4-6-11(9)14)12(16)15-8-3-2-7-13/h2-6H,7-8H2,1H3,(H,15,16)/b3-2+. The zero-order valence-electron chi connectivity index (χ0n) is 8.97. The van der Waals surface area contributed by atoms with Crippen molar-refractivity contribution >= 4 is 29.1 Å². The molecule has 0 spiro atoms. The number of rotatable bonds is 4. The minimum absolute atomic E-state index is 0.126. The van der Waals surface area contributed by atoms with E-state index < -0.39 is 0 Å². The minimum atomic E-state index is -0.126. The van der Waals surface area contributed by atoms with Gasteiger partial charge in [-0.05, 0) is 24.6 Å². The Bertz CT molecular complexity index is 402. The molecule has 0 aromatic heterocycles. The second kappa shape index (κ2) is 6.56. The van der Waals surface area contributed by atoms with Crippen molar-refractivity contribution in [2.45, 2.75) is 6.92 Å². The molecule has 1 N–H and O–H groups in total. The van der Waals surface area contributed by atoms with Gasteiger partial charge in [-0.15, -0.1) is 11.6 Å². The van der Waals surface area contributed by atoms with Crippen LogP contribution < -0.4 is 5.32 Å². The first-order valence-electron chi connectivity index (χ1n) is 4.91. The summed E-state index contributed by atoms with van der Waals surface area (Å²) in [6.07, 6.45) is 3.59. The van der Waals surface area contributed by atoms with Gasteiger partial charge < -0.3 is 5.32 Å². The van der Waals surface area contributed by atoms with Crippen LogP contribution in [0.25, 0.3) is 0 Å². The molecule has 86 valence electrons. The first-order valence-corrected chi connectivity index (χ1v) is 5.82. The van der Waals surface area contributed by atoms with E-state index in [1.807, 2.05) is 13.0 Å². The van der Waals surface area contributed by atoms with Crippen LogP contribution in [-0.2, 0) is 0 Å². The lowest BCUT2D eigenvalue weighted by atomic mass is 10.1. The van der Waals surface area contributed by atoms with E-state index in [9.17, 15) is 4.79 Å². The molecule has 1 rings (SSSR count). The zero-order chi connectivity index (χ0) is 12.0. The second-order valence-electron chi connectivity index (χ2n) is 3.25. The number of hydrogen-bond acceptors (Lipinski definition) is 1. The fraction of sp³-hybridized carbons (Fsp3) is 0.250. The molecule has 0 atom stereocenters. The average Bonchev–Trinajstić information content (AvgIpc) is 2.28. The lowest BCUT2D eigenvalue weighted by molar-refractivity contribution is 0.0957. The Balaban J connectivity index is 2.66. The number of carbonyl (C=O) groups is 1. The second-order valence-corrected chi connectivity index (χ2v) is 3.96. The molecule has 0 aliphatic heterocycles. The van der Waals surface area contributed by atoms with Crippen molar-refractivity contribution in [3.63, 3.8) is 0 Å². The van der Waals surface area contributed by atoms with Crippen LogP contribution in [0.5, 0.6) is 0 Å². The van der Waals surface area contributed by atoms with Gasteiger partial charge in [-0.25, -0.2) is 0 Å². The molecule has 1 aromatic rings. The smallest absolute Gasteiger partial charge is 0.251 e. The number of nitrogens with one attached hydrogen (secondary N) is 1. The number of allylic oxidation sites excluding steroid dienone is 1. The van der Waals surface area contributed by atoms with Crippen molar-refractivity contribution < 1.29 is 4.79 Å². The van der Waals surface area contributed by atoms with Crippen molar-refractivity contribution in [2.75, 3.05) is 12.4 Å². The van der Waals surface area contributed by atoms with E-state index in [1.165, 1.54) is 0 Å². The summed E-state index contributed by atoms with van der Waals surface area (Å²) in [7, 11) is 0. The Morgan fingerprint density at radius 1 is 1.44 bits per heavy atom. The Hall–Kier alpha value is -0.990. The first-order chi connectivity index (χ1) is 7.66. The van der Waals surface area contributed by atoms with Crippen LogP contribution in [0, 0.1) is 6.92 Å². The van der Waals surface area contributed by atoms with Crippen molar-refractivity contribution in [1.29, 1.82) is 0 Å². The third kappa shape index (κ3) is 3.54. The average molecular weight is 258 g/mol. The van der Waals surface area contributed by atoms with Crippen molar-refractivity contribution in [3.05, 3.63) is 46.5 Å². The predicted molar refractivity (Wildman–Crippen MR) is 68.4 cm³/mol. The molecule has 0 aliphatic rings. The summed E-state index contributed by atoms with van der Waals surface area (Å²) >= 11 is 11.4. The van der Waals surface area contributed by atoms with Crippen LogP contribution >= 0.6 is 23.2 Å². The number of carbonyl (C=O) groups excluding carboxylic acids is 1. The summed E-state index contributed by atoms with van der Waals surface area (Å²) in [5.41, 5.74) is 1.40. The lowest BCUT2D eigenvalue weighted by Gasteiger charge is -2.06. The Kier molecular flexibility index (Phi) is 5.36. The van der Waals surface area contributed by atoms with Gasteiger partial charge in [0.1, 0.15) is 0 Å². The highest BCUT2D eigenvalue weighted by molar-refractivity contribution is 6.31. The topological polar surface area (TPSA) is 29.1 Å². The predicted octanol–water partition coefficient (Wildman–Crippen LogP) is 3.17. The Morgan fingerprint density at radius 3 is 2.88 bits per heavy atom. The van der Waals surface area contributed by atoms with Gasteiger partial charge in [0.05, 0.1) is 0 Å². The van der Waals surface area contributed by atoms with Crippen molar-refractivity contribution in [1.82, 2.24) is 5.32 Å². The molecule has 0 aliphatic carbocycles. The maximum absolute atomic E-state index is 11.7. The van der Waals surface area contributed by atoms with E-state index in [1.54, 1.807) is 24.3 Å². The highest BCUT2D eigenvalue weighted by atomic mass is 35.5. The van der Waals surface area contributed by atoms with E-state index in [4.69, 9.17) is 23.2 Å². The van der Waals surface area contributed by atoms with Gasteiger partial charge in [0, 0.05) is 23.0 Å². The number of halogens is 2. The normalized spacial score (nSPS) is 10.7. The van der Waals surface area contributed by atoms with Crippen LogP contribution in [0.4, 0.5) is 0 Å². The van der Waals surface area contributed by atoms with Gasteiger partial charge in [0.25, 0.3) is 5.91 Å². The maximum Gasteiger partial charge on any atom is 0.251 e. The summed E-state index contributed by atoms with van der Waals surface area (Å²) < 4.78 is 0. The number of benzene rings is 1. The van der Waals surface area contributed by atoms with E-state index in [0.717, 1.165) is 5.56 Å². The molecule has 1 amide bonds. The molecule has 0 radical (unpaired) electrons. The van der Waals surface area contributed by atoms with Crippen LogP contribution in [0.15, 0.2) is 30.4 Å². The van der Waals surface area contributed by atoms with Crippen LogP contribution in [0.2, 0.25) is 5.02 Å². The summed E-state index contributed by atoms with van der Waals surface area (Å²) in [6.45, 7) is 2.29. The minimum Gasteiger partial charge on any atom is -0.349 e. The highest BCUT2D eigenvalue weighted by Gasteiger charge is 2.09. The maximum atomic E-state index is 11.7. The molecular weight excluding hydrogens is 245 g/mol. The van der Waals surface area contributed by atoms with Crippen LogP contribution in [-0.4, -0.2) is 18.3 Å².